The molecule has 1 aliphatic heterocycles. The summed E-state index contributed by atoms with van der Waals surface area (Å²) in [4.78, 5) is 119. The summed E-state index contributed by atoms with van der Waals surface area (Å²) in [6.45, 7) is 7.73. The number of rotatable bonds is 16. The Bertz CT molecular complexity index is 2890. The van der Waals surface area contributed by atoms with E-state index >= 15 is 4.39 Å². The molecule has 8 rings (SSSR count). The zero-order chi connectivity index (χ0) is 56.1. The predicted molar refractivity (Wildman–Crippen MR) is 268 cm³/mol. The molecule has 0 radical (unpaired) electrons. The molecule has 9 atom stereocenters. The van der Waals surface area contributed by atoms with Crippen LogP contribution in [0.25, 0.3) is 10.9 Å². The number of carboxylic acids is 1. The van der Waals surface area contributed by atoms with E-state index in [2.05, 4.69) is 5.32 Å². The number of methoxy groups -OCH3 is 1. The molecular weight excluding hydrogens is 1010 g/mol. The molecule has 77 heavy (non-hydrogen) atoms. The van der Waals surface area contributed by atoms with Gasteiger partial charge < -0.3 is 63.4 Å². The topological polar surface area (TPSA) is 293 Å². The quantitative estimate of drug-likeness (QED) is 0.101. The SMILES string of the molecule is COc1c(N2CCN(C(=O)OCOC(=O)C(COC(=O)CCC(=O)OCC(=O)[C@@]3(O)CCC4C5CCC6=CC(=O)C=C[C@]6(C)C5[C@@H](O)C[C@@]43C)NC(=O)OC(C)(C)C)C(C)C2)c(F)cc2c(=O)c(C(=O)O)cn(C3CC3)c12. The molecule has 0 spiro atoms. The summed E-state index contributed by atoms with van der Waals surface area (Å²) >= 11 is 0. The van der Waals surface area contributed by atoms with Crippen LogP contribution in [0.5, 0.6) is 5.75 Å². The van der Waals surface area contributed by atoms with Gasteiger partial charge >= 0.3 is 36.1 Å². The van der Waals surface area contributed by atoms with Gasteiger partial charge in [-0.15, -0.1) is 0 Å². The van der Waals surface area contributed by atoms with Gasteiger partial charge in [0.2, 0.25) is 18.0 Å². The van der Waals surface area contributed by atoms with Gasteiger partial charge in [0.1, 0.15) is 29.1 Å². The lowest BCUT2D eigenvalue weighted by Crippen LogP contribution is -2.61. The Labute approximate surface area is 442 Å². The number of piperazine rings is 1. The molecule has 1 aromatic carbocycles. The molecule has 2 amide bonds. The molecule has 5 fully saturated rings. The van der Waals surface area contributed by atoms with Gasteiger partial charge in [-0.3, -0.25) is 24.0 Å². The fourth-order valence-electron chi connectivity index (χ4n) is 12.7. The van der Waals surface area contributed by atoms with Gasteiger partial charge in [0.05, 0.1) is 37.0 Å². The maximum Gasteiger partial charge on any atom is 0.413 e. The molecule has 2 aromatic rings. The number of hydrogen-bond acceptors (Lipinski definition) is 18. The first kappa shape index (κ1) is 56.3. The van der Waals surface area contributed by atoms with E-state index in [1.807, 2.05) is 13.0 Å². The number of pyridine rings is 1. The van der Waals surface area contributed by atoms with Crippen LogP contribution >= 0.6 is 0 Å². The van der Waals surface area contributed by atoms with Crippen molar-refractivity contribution >= 4 is 64.2 Å². The first-order chi connectivity index (χ1) is 36.2. The number of amides is 2. The highest BCUT2D eigenvalue weighted by atomic mass is 19.1. The Morgan fingerprint density at radius 2 is 1.66 bits per heavy atom. The highest BCUT2D eigenvalue weighted by Crippen LogP contribution is 2.67. The molecule has 418 valence electrons. The van der Waals surface area contributed by atoms with E-state index in [9.17, 15) is 58.5 Å². The van der Waals surface area contributed by atoms with Crippen molar-refractivity contribution in [3.63, 3.8) is 0 Å². The van der Waals surface area contributed by atoms with Gasteiger partial charge in [0, 0.05) is 54.7 Å². The van der Waals surface area contributed by atoms with Crippen LogP contribution in [0, 0.1) is 34.4 Å². The molecule has 1 saturated heterocycles. The first-order valence-corrected chi connectivity index (χ1v) is 25.9. The first-order valence-electron chi connectivity index (χ1n) is 25.9. The minimum atomic E-state index is -1.91. The number of alkyl carbamates (subject to hydrolysis) is 1. The lowest BCUT2D eigenvalue weighted by Gasteiger charge is -2.59. The summed E-state index contributed by atoms with van der Waals surface area (Å²) in [6, 6.07) is -1.44. The van der Waals surface area contributed by atoms with E-state index in [-0.39, 0.29) is 84.4 Å². The van der Waals surface area contributed by atoms with Gasteiger partial charge in [0.25, 0.3) is 0 Å². The molecule has 4 saturated carbocycles. The Morgan fingerprint density at radius 3 is 2.31 bits per heavy atom. The van der Waals surface area contributed by atoms with Crippen LogP contribution in [-0.4, -0.2) is 149 Å². The Hall–Kier alpha value is -6.88. The number of carbonyl (C=O) groups excluding carboxylic acids is 7. The van der Waals surface area contributed by atoms with Crippen LogP contribution in [-0.2, 0) is 47.7 Å². The number of halogens is 1. The lowest BCUT2D eigenvalue weighted by atomic mass is 9.46. The number of carboxylic acid groups (broad SMARTS) is 1. The normalized spacial score (nSPS) is 28.0. The Morgan fingerprint density at radius 1 is 0.961 bits per heavy atom. The number of anilines is 1. The number of ketones is 2. The van der Waals surface area contributed by atoms with Crippen molar-refractivity contribution in [3.8, 4) is 5.75 Å². The van der Waals surface area contributed by atoms with E-state index in [1.54, 1.807) is 50.2 Å². The van der Waals surface area contributed by atoms with Crippen LogP contribution < -0.4 is 20.4 Å². The maximum absolute atomic E-state index is 16.0. The number of nitrogens with one attached hydrogen (secondary N) is 1. The molecule has 6 aliphatic rings. The number of esters is 3. The number of nitrogens with zero attached hydrogens (tertiary/aromatic N) is 3. The Balaban J connectivity index is 0.816. The van der Waals surface area contributed by atoms with Crippen LogP contribution in [0.1, 0.15) is 116 Å². The summed E-state index contributed by atoms with van der Waals surface area (Å²) in [5, 5.41) is 35.5. The summed E-state index contributed by atoms with van der Waals surface area (Å²) in [6.07, 6.45) is 5.78. The van der Waals surface area contributed by atoms with E-state index in [4.69, 9.17) is 28.4 Å². The number of fused-ring (bicyclic) bond motifs is 6. The predicted octanol–water partition coefficient (Wildman–Crippen LogP) is 4.67. The molecule has 23 heteroatoms. The molecule has 2 heterocycles. The van der Waals surface area contributed by atoms with Crippen molar-refractivity contribution in [2.75, 3.05) is 51.7 Å². The number of aliphatic hydroxyl groups excluding tert-OH is 1. The number of allylic oxidation sites excluding steroid dienone is 4. The number of Topliss-reactive ketones (excluding diaryl/α,β-unsaturated/α-hetero) is 1. The smallest absolute Gasteiger partial charge is 0.413 e. The zero-order valence-corrected chi connectivity index (χ0v) is 44.2. The second kappa shape index (κ2) is 21.5. The van der Waals surface area contributed by atoms with E-state index in [0.29, 0.717) is 19.3 Å². The molecule has 4 N–H and O–H groups in total. The van der Waals surface area contributed by atoms with E-state index in [1.165, 1.54) is 24.3 Å². The van der Waals surface area contributed by atoms with Crippen molar-refractivity contribution in [1.29, 1.82) is 0 Å². The third-order valence-corrected chi connectivity index (χ3v) is 16.5. The maximum atomic E-state index is 16.0. The lowest BCUT2D eigenvalue weighted by molar-refractivity contribution is -0.181. The van der Waals surface area contributed by atoms with Crippen LogP contribution in [0.15, 0.2) is 40.9 Å². The van der Waals surface area contributed by atoms with Crippen molar-refractivity contribution in [2.45, 2.75) is 135 Å². The summed E-state index contributed by atoms with van der Waals surface area (Å²) in [5.74, 6) is -6.61. The third-order valence-electron chi connectivity index (χ3n) is 16.5. The van der Waals surface area contributed by atoms with Crippen molar-refractivity contribution < 1.29 is 86.5 Å². The molecular formula is C54H67FN4O18. The number of hydrogen-bond donors (Lipinski definition) is 4. The van der Waals surface area contributed by atoms with Gasteiger partial charge in [-0.25, -0.2) is 23.6 Å². The highest BCUT2D eigenvalue weighted by molar-refractivity contribution is 6.01. The number of carbonyl (C=O) groups is 8. The minimum absolute atomic E-state index is 0.0125. The molecule has 22 nitrogen and oxygen atoms in total. The van der Waals surface area contributed by atoms with Crippen molar-refractivity contribution in [1.82, 2.24) is 14.8 Å². The number of ether oxygens (including phenoxy) is 6. The fourth-order valence-corrected chi connectivity index (χ4v) is 12.7. The number of benzene rings is 1. The summed E-state index contributed by atoms with van der Waals surface area (Å²) < 4.78 is 49.4. The number of aliphatic hydroxyl groups is 2. The number of aromatic carboxylic acids is 1. The van der Waals surface area contributed by atoms with Crippen LogP contribution in [0.2, 0.25) is 0 Å². The Kier molecular flexibility index (Phi) is 15.7. The third kappa shape index (κ3) is 11.0. The second-order valence-electron chi connectivity index (χ2n) is 22.5. The summed E-state index contributed by atoms with van der Waals surface area (Å²) in [7, 11) is 1.31. The van der Waals surface area contributed by atoms with Crippen molar-refractivity contribution in [3.05, 3.63) is 57.7 Å². The summed E-state index contributed by atoms with van der Waals surface area (Å²) in [5.41, 5.74) is -4.60. The number of aromatic nitrogens is 1. The standard InChI is InChI=1S/C54H67FN4O18/c1-28-23-57(44-36(55)21-33-43(46(44)72-7)59(30-9-10-30)24-34(45(33)65)47(66)67)18-19-58(28)50(70)76-27-75-48(68)37(56-49(69)77-51(2,3)4)25-73-40(63)12-13-41(64)74-26-39(62)54(71)17-15-35-32-11-8-29-20-31(60)14-16-52(29,5)42(32)38(61)22-53(35,54)6/h14,16,20-21,24,28,30,32,35,37-38,42,61,71H,8-13,15,17-19,22-23,25-27H2,1-7H3,(H,56,69)(H,66,67)/t28?,32?,35?,37?,38-,42?,52-,53-,54-/m0/s1. The molecule has 0 bridgehead atoms. The van der Waals surface area contributed by atoms with Crippen LogP contribution in [0.4, 0.5) is 19.7 Å². The van der Waals surface area contributed by atoms with Gasteiger partial charge in [0.15, 0.2) is 30.0 Å². The van der Waals surface area contributed by atoms with Gasteiger partial charge in [-0.05, 0) is 103 Å². The minimum Gasteiger partial charge on any atom is -0.492 e. The van der Waals surface area contributed by atoms with E-state index in [0.717, 1.165) is 24.5 Å². The largest absolute Gasteiger partial charge is 0.492 e. The fraction of sp³-hybridized carbons (Fsp3) is 0.611. The molecule has 5 unspecified atom stereocenters. The average Bonchev–Trinajstić information content (AvgIpc) is 4.35. The van der Waals surface area contributed by atoms with Crippen molar-refractivity contribution in [2.24, 2.45) is 28.6 Å². The molecule has 5 aliphatic carbocycles. The molecule has 1 aromatic heterocycles. The van der Waals surface area contributed by atoms with Gasteiger partial charge in [-0.1, -0.05) is 25.5 Å². The van der Waals surface area contributed by atoms with E-state index < -0.39 is 132 Å². The monoisotopic (exact) mass is 1080 g/mol. The van der Waals surface area contributed by atoms with Gasteiger partial charge in [-0.2, -0.15) is 0 Å². The zero-order valence-electron chi connectivity index (χ0n) is 44.2. The van der Waals surface area contributed by atoms with Crippen LogP contribution in [0.3, 0.4) is 0 Å². The second-order valence-corrected chi connectivity index (χ2v) is 22.5. The average molecular weight is 1080 g/mol. The highest BCUT2D eigenvalue weighted by Gasteiger charge is 2.68.